The molecule has 0 saturated carbocycles. The van der Waals surface area contributed by atoms with Crippen LogP contribution >= 0.6 is 15.9 Å². The molecular weight excluding hydrogens is 254 g/mol. The van der Waals surface area contributed by atoms with E-state index in [0.29, 0.717) is 5.41 Å². The van der Waals surface area contributed by atoms with E-state index in [1.165, 1.54) is 12.8 Å². The molecule has 0 amide bonds. The maximum absolute atomic E-state index is 9.64. The second-order valence-corrected chi connectivity index (χ2v) is 5.43. The van der Waals surface area contributed by atoms with E-state index in [9.17, 15) is 5.11 Å². The van der Waals surface area contributed by atoms with Crippen molar-refractivity contribution in [1.29, 1.82) is 0 Å². The van der Waals surface area contributed by atoms with Gasteiger partial charge in [0.2, 0.25) is 0 Å². The second kappa shape index (κ2) is 6.21. The zero-order chi connectivity index (χ0) is 11.3. The minimum absolute atomic E-state index is 0.0968. The summed E-state index contributed by atoms with van der Waals surface area (Å²) in [4.78, 5) is 2.43. The van der Waals surface area contributed by atoms with Crippen molar-refractivity contribution in [3.63, 3.8) is 0 Å². The number of aliphatic hydroxyl groups excluding tert-OH is 1. The minimum Gasteiger partial charge on any atom is -0.392 e. The Labute approximate surface area is 102 Å². The van der Waals surface area contributed by atoms with Crippen LogP contribution < -0.4 is 0 Å². The molecule has 1 N–H and O–H groups in total. The lowest BCUT2D eigenvalue weighted by molar-refractivity contribution is 0.0461. The Balaban J connectivity index is 2.49. The second-order valence-electron chi connectivity index (χ2n) is 4.87. The predicted octanol–water partition coefficient (Wildman–Crippen LogP) is 2.64. The fourth-order valence-corrected chi connectivity index (χ4v) is 3.32. The van der Waals surface area contributed by atoms with Crippen LogP contribution in [0.4, 0.5) is 0 Å². The summed E-state index contributed by atoms with van der Waals surface area (Å²) < 4.78 is 0. The fraction of sp³-hybridized carbons (Fsp3) is 1.00. The van der Waals surface area contributed by atoms with Gasteiger partial charge in [0.15, 0.2) is 0 Å². The first-order valence-corrected chi connectivity index (χ1v) is 7.24. The van der Waals surface area contributed by atoms with Crippen molar-refractivity contribution in [2.75, 3.05) is 25.0 Å². The van der Waals surface area contributed by atoms with Gasteiger partial charge in [-0.2, -0.15) is 0 Å². The Morgan fingerprint density at radius 3 is 2.53 bits per heavy atom. The third-order valence-electron chi connectivity index (χ3n) is 3.82. The smallest absolute Gasteiger partial charge is 0.0667 e. The van der Waals surface area contributed by atoms with E-state index in [4.69, 9.17) is 0 Å². The Hall–Kier alpha value is 0.400. The lowest BCUT2D eigenvalue weighted by Crippen LogP contribution is -2.45. The molecule has 1 heterocycles. The van der Waals surface area contributed by atoms with Gasteiger partial charge in [-0.1, -0.05) is 29.8 Å². The molecule has 0 aromatic rings. The summed E-state index contributed by atoms with van der Waals surface area (Å²) in [5.74, 6) is 0. The quantitative estimate of drug-likeness (QED) is 0.781. The number of hydrogen-bond donors (Lipinski definition) is 1. The van der Waals surface area contributed by atoms with E-state index in [1.807, 2.05) is 0 Å². The maximum atomic E-state index is 9.64. The van der Waals surface area contributed by atoms with Crippen molar-refractivity contribution in [2.24, 2.45) is 5.41 Å². The van der Waals surface area contributed by atoms with Gasteiger partial charge in [-0.15, -0.1) is 0 Å². The van der Waals surface area contributed by atoms with Crippen LogP contribution in [0.3, 0.4) is 0 Å². The summed E-state index contributed by atoms with van der Waals surface area (Å²) in [6, 6.07) is 0. The first-order valence-electron chi connectivity index (χ1n) is 6.12. The molecule has 1 fully saturated rings. The zero-order valence-corrected chi connectivity index (χ0v) is 11.6. The molecule has 0 bridgehead atoms. The monoisotopic (exact) mass is 277 g/mol. The van der Waals surface area contributed by atoms with Crippen molar-refractivity contribution in [1.82, 2.24) is 4.90 Å². The molecule has 15 heavy (non-hydrogen) atoms. The average Bonchev–Trinajstić information content (AvgIpc) is 2.26. The van der Waals surface area contributed by atoms with Crippen LogP contribution in [0, 0.1) is 5.41 Å². The number of β-amino-alcohol motifs (C(OH)–C–C–N with tert-alkyl or cyclic N) is 1. The first-order chi connectivity index (χ1) is 7.15. The highest BCUT2D eigenvalue weighted by molar-refractivity contribution is 9.09. The van der Waals surface area contributed by atoms with E-state index in [1.54, 1.807) is 0 Å². The Bertz CT molecular complexity index is 174. The van der Waals surface area contributed by atoms with Crippen LogP contribution in [-0.2, 0) is 0 Å². The van der Waals surface area contributed by atoms with E-state index in [0.717, 1.165) is 37.8 Å². The number of nitrogens with zero attached hydrogens (tertiary/aromatic N) is 1. The summed E-state index contributed by atoms with van der Waals surface area (Å²) in [6.07, 6.45) is 4.45. The largest absolute Gasteiger partial charge is 0.392 e. The summed E-state index contributed by atoms with van der Waals surface area (Å²) in [5.41, 5.74) is 0.400. The molecule has 3 heteroatoms. The van der Waals surface area contributed by atoms with Gasteiger partial charge in [0.1, 0.15) is 0 Å². The van der Waals surface area contributed by atoms with E-state index >= 15 is 0 Å². The molecule has 0 radical (unpaired) electrons. The number of likely N-dealkylation sites (tertiary alicyclic amines) is 1. The van der Waals surface area contributed by atoms with E-state index in [-0.39, 0.29) is 6.10 Å². The number of aliphatic hydroxyl groups is 1. The van der Waals surface area contributed by atoms with Crippen LogP contribution in [0.1, 0.15) is 39.5 Å². The van der Waals surface area contributed by atoms with Gasteiger partial charge in [-0.05, 0) is 37.6 Å². The van der Waals surface area contributed by atoms with Gasteiger partial charge in [0, 0.05) is 18.4 Å². The van der Waals surface area contributed by atoms with Crippen LogP contribution in [0.25, 0.3) is 0 Å². The molecule has 1 rings (SSSR count). The zero-order valence-electron chi connectivity index (χ0n) is 10.0. The number of alkyl halides is 1. The molecule has 2 nitrogen and oxygen atoms in total. The fourth-order valence-electron chi connectivity index (χ4n) is 2.35. The highest BCUT2D eigenvalue weighted by Crippen LogP contribution is 2.30. The van der Waals surface area contributed by atoms with Crippen LogP contribution in [0.15, 0.2) is 0 Å². The van der Waals surface area contributed by atoms with Crippen LogP contribution in [0.2, 0.25) is 0 Å². The third kappa shape index (κ3) is 3.72. The summed E-state index contributed by atoms with van der Waals surface area (Å²) >= 11 is 3.65. The Morgan fingerprint density at radius 2 is 2.07 bits per heavy atom. The van der Waals surface area contributed by atoms with Gasteiger partial charge < -0.3 is 10.0 Å². The topological polar surface area (TPSA) is 23.5 Å². The van der Waals surface area contributed by atoms with Gasteiger partial charge >= 0.3 is 0 Å². The van der Waals surface area contributed by atoms with Crippen LogP contribution in [0.5, 0.6) is 0 Å². The molecule has 1 aliphatic heterocycles. The summed E-state index contributed by atoms with van der Waals surface area (Å²) in [6.45, 7) is 7.69. The van der Waals surface area contributed by atoms with E-state index < -0.39 is 0 Å². The molecule has 0 aliphatic carbocycles. The molecule has 0 aromatic heterocycles. The molecule has 0 aromatic carbocycles. The predicted molar refractivity (Wildman–Crippen MR) is 68.5 cm³/mol. The Morgan fingerprint density at radius 1 is 1.40 bits per heavy atom. The van der Waals surface area contributed by atoms with E-state index in [2.05, 4.69) is 34.7 Å². The lowest BCUT2D eigenvalue weighted by Gasteiger charge is -2.39. The number of piperidine rings is 1. The number of halogens is 1. The van der Waals surface area contributed by atoms with Gasteiger partial charge in [-0.25, -0.2) is 0 Å². The van der Waals surface area contributed by atoms with Gasteiger partial charge in [0.25, 0.3) is 0 Å². The summed E-state index contributed by atoms with van der Waals surface area (Å²) in [7, 11) is 0. The molecule has 1 aliphatic rings. The molecule has 0 spiro atoms. The first kappa shape index (κ1) is 13.5. The number of hydrogen-bond acceptors (Lipinski definition) is 2. The summed E-state index contributed by atoms with van der Waals surface area (Å²) in [5, 5.41) is 10.7. The van der Waals surface area contributed by atoms with Crippen molar-refractivity contribution < 1.29 is 5.11 Å². The van der Waals surface area contributed by atoms with Crippen molar-refractivity contribution in [3.8, 4) is 0 Å². The average molecular weight is 278 g/mol. The molecular formula is C12H24BrNO. The molecule has 1 unspecified atom stereocenters. The highest BCUT2D eigenvalue weighted by Gasteiger charge is 2.29. The molecule has 1 atom stereocenters. The normalized spacial score (nSPS) is 24.4. The van der Waals surface area contributed by atoms with Gasteiger partial charge in [-0.3, -0.25) is 0 Å². The van der Waals surface area contributed by atoms with Crippen molar-refractivity contribution in [3.05, 3.63) is 0 Å². The van der Waals surface area contributed by atoms with Crippen molar-refractivity contribution in [2.45, 2.75) is 45.6 Å². The SMILES string of the molecule is CCC(CC)(CBr)CN1CCCC(O)C1. The molecule has 90 valence electrons. The van der Waals surface area contributed by atoms with Crippen molar-refractivity contribution >= 4 is 15.9 Å². The van der Waals surface area contributed by atoms with Crippen LogP contribution in [-0.4, -0.2) is 41.1 Å². The minimum atomic E-state index is -0.0968. The van der Waals surface area contributed by atoms with Gasteiger partial charge in [0.05, 0.1) is 6.10 Å². The maximum Gasteiger partial charge on any atom is 0.0667 e. The Kier molecular flexibility index (Phi) is 5.58. The highest BCUT2D eigenvalue weighted by atomic mass is 79.9. The standard InChI is InChI=1S/C12H24BrNO/c1-3-12(4-2,9-13)10-14-7-5-6-11(15)8-14/h11,15H,3-10H2,1-2H3. The third-order valence-corrected chi connectivity index (χ3v) is 5.01. The number of rotatable bonds is 5. The lowest BCUT2D eigenvalue weighted by atomic mass is 9.83. The molecule has 1 saturated heterocycles.